The van der Waals surface area contributed by atoms with Crippen LogP contribution in [0.5, 0.6) is 11.8 Å². The number of aliphatic hydroxyl groups is 1. The molecule has 0 atom stereocenters. The molecule has 2 heterocycles. The largest absolute Gasteiger partial charge is 0.411 e. The van der Waals surface area contributed by atoms with E-state index in [1.807, 2.05) is 36.4 Å². The minimum Gasteiger partial charge on any atom is -0.411 e. The number of likely N-dealkylation sites (tertiary alicyclic amines) is 1. The van der Waals surface area contributed by atoms with E-state index in [1.165, 1.54) is 5.56 Å². The first kappa shape index (κ1) is 16.1. The lowest BCUT2D eigenvalue weighted by molar-refractivity contribution is 0.0832. The Morgan fingerprint density at radius 1 is 1.08 bits per heavy atom. The Morgan fingerprint density at radius 3 is 2.60 bits per heavy atom. The van der Waals surface area contributed by atoms with Crippen molar-refractivity contribution in [3.05, 3.63) is 54.1 Å². The molecule has 1 aromatic heterocycles. The molecule has 0 saturated carbocycles. The highest BCUT2D eigenvalue weighted by Crippen LogP contribution is 2.25. The molecule has 25 heavy (non-hydrogen) atoms. The summed E-state index contributed by atoms with van der Waals surface area (Å²) in [5.41, 5.74) is 2.79. The topological polar surface area (TPSA) is 58.7 Å². The number of nitrogens with zero attached hydrogens (tertiary/aromatic N) is 2. The van der Waals surface area contributed by atoms with Gasteiger partial charge < -0.3 is 19.2 Å². The zero-order valence-corrected chi connectivity index (χ0v) is 14.1. The van der Waals surface area contributed by atoms with Gasteiger partial charge in [-0.05, 0) is 49.1 Å². The highest BCUT2D eigenvalue weighted by Gasteiger charge is 2.16. The SMILES string of the molecule is OC1CCN(CCc2ccc(Oc3nc4ccccc4o3)cc2)CC1. The van der Waals surface area contributed by atoms with Gasteiger partial charge in [0.05, 0.1) is 6.10 Å². The summed E-state index contributed by atoms with van der Waals surface area (Å²) in [7, 11) is 0. The van der Waals surface area contributed by atoms with E-state index in [4.69, 9.17) is 9.15 Å². The van der Waals surface area contributed by atoms with Crippen molar-refractivity contribution in [3.8, 4) is 11.8 Å². The van der Waals surface area contributed by atoms with Crippen molar-refractivity contribution in [3.63, 3.8) is 0 Å². The number of piperidine rings is 1. The second kappa shape index (κ2) is 7.25. The summed E-state index contributed by atoms with van der Waals surface area (Å²) in [6.45, 7) is 3.00. The molecular weight excluding hydrogens is 316 g/mol. The van der Waals surface area contributed by atoms with Gasteiger partial charge in [-0.2, -0.15) is 4.98 Å². The van der Waals surface area contributed by atoms with Gasteiger partial charge in [-0.1, -0.05) is 24.3 Å². The average molecular weight is 338 g/mol. The molecule has 0 amide bonds. The predicted octanol–water partition coefficient (Wildman–Crippen LogP) is 3.62. The lowest BCUT2D eigenvalue weighted by Gasteiger charge is -2.29. The predicted molar refractivity (Wildman–Crippen MR) is 95.9 cm³/mol. The third kappa shape index (κ3) is 4.00. The number of rotatable bonds is 5. The highest BCUT2D eigenvalue weighted by atomic mass is 16.6. The summed E-state index contributed by atoms with van der Waals surface area (Å²) in [5, 5.41) is 9.56. The lowest BCUT2D eigenvalue weighted by atomic mass is 10.1. The van der Waals surface area contributed by atoms with Crippen molar-refractivity contribution in [1.82, 2.24) is 9.88 Å². The van der Waals surface area contributed by atoms with Crippen LogP contribution >= 0.6 is 0 Å². The molecular formula is C20H22N2O3. The molecule has 4 rings (SSSR count). The van der Waals surface area contributed by atoms with Gasteiger partial charge in [-0.15, -0.1) is 0 Å². The van der Waals surface area contributed by atoms with Gasteiger partial charge in [0.2, 0.25) is 0 Å². The molecule has 5 heteroatoms. The first-order valence-electron chi connectivity index (χ1n) is 8.79. The van der Waals surface area contributed by atoms with Gasteiger partial charge in [0.25, 0.3) is 0 Å². The Balaban J connectivity index is 1.33. The van der Waals surface area contributed by atoms with Crippen LogP contribution in [-0.2, 0) is 6.42 Å². The maximum absolute atomic E-state index is 9.56. The second-order valence-corrected chi connectivity index (χ2v) is 6.52. The van der Waals surface area contributed by atoms with Gasteiger partial charge in [0.15, 0.2) is 5.58 Å². The zero-order valence-electron chi connectivity index (χ0n) is 14.1. The fourth-order valence-electron chi connectivity index (χ4n) is 3.15. The standard InChI is InChI=1S/C20H22N2O3/c23-16-10-13-22(14-11-16)12-9-15-5-7-17(8-6-15)24-20-21-18-3-1-2-4-19(18)25-20/h1-8,16,23H,9-14H2. The fourth-order valence-corrected chi connectivity index (χ4v) is 3.15. The van der Waals surface area contributed by atoms with Crippen molar-refractivity contribution in [2.24, 2.45) is 0 Å². The van der Waals surface area contributed by atoms with Crippen molar-refractivity contribution in [2.45, 2.75) is 25.4 Å². The van der Waals surface area contributed by atoms with E-state index in [-0.39, 0.29) is 12.2 Å². The summed E-state index contributed by atoms with van der Waals surface area (Å²) in [6.07, 6.45) is 2.92. The normalized spacial score (nSPS) is 16.4. The minimum absolute atomic E-state index is 0.112. The number of benzene rings is 2. The highest BCUT2D eigenvalue weighted by molar-refractivity contribution is 5.72. The van der Waals surface area contributed by atoms with Crippen LogP contribution in [0.2, 0.25) is 0 Å². The summed E-state index contributed by atoms with van der Waals surface area (Å²) in [6, 6.07) is 15.7. The number of oxazole rings is 1. The van der Waals surface area contributed by atoms with Gasteiger partial charge in [-0.25, -0.2) is 0 Å². The van der Waals surface area contributed by atoms with Crippen molar-refractivity contribution in [1.29, 1.82) is 0 Å². The monoisotopic (exact) mass is 338 g/mol. The molecule has 0 spiro atoms. The minimum atomic E-state index is -0.112. The molecule has 1 N–H and O–H groups in total. The molecule has 0 unspecified atom stereocenters. The molecule has 0 aliphatic carbocycles. The maximum atomic E-state index is 9.56. The van der Waals surface area contributed by atoms with Crippen molar-refractivity contribution < 1.29 is 14.3 Å². The van der Waals surface area contributed by atoms with E-state index in [1.54, 1.807) is 0 Å². The molecule has 5 nitrogen and oxygen atoms in total. The van der Waals surface area contributed by atoms with E-state index in [9.17, 15) is 5.11 Å². The number of hydrogen-bond acceptors (Lipinski definition) is 5. The van der Waals surface area contributed by atoms with Gasteiger partial charge in [-0.3, -0.25) is 0 Å². The average Bonchev–Trinajstić information content (AvgIpc) is 3.05. The van der Waals surface area contributed by atoms with E-state index >= 15 is 0 Å². The quantitative estimate of drug-likeness (QED) is 0.770. The Labute approximate surface area is 146 Å². The van der Waals surface area contributed by atoms with Gasteiger partial charge >= 0.3 is 6.08 Å². The number of aromatic nitrogens is 1. The molecule has 2 aromatic carbocycles. The zero-order chi connectivity index (χ0) is 17.1. The van der Waals surface area contributed by atoms with E-state index in [0.717, 1.165) is 55.7 Å². The summed E-state index contributed by atoms with van der Waals surface area (Å²) < 4.78 is 11.3. The third-order valence-electron chi connectivity index (χ3n) is 4.68. The van der Waals surface area contributed by atoms with E-state index in [2.05, 4.69) is 22.0 Å². The Bertz CT molecular complexity index is 787. The van der Waals surface area contributed by atoms with E-state index in [0.29, 0.717) is 0 Å². The van der Waals surface area contributed by atoms with Crippen molar-refractivity contribution in [2.75, 3.05) is 19.6 Å². The molecule has 130 valence electrons. The number of hydrogen-bond donors (Lipinski definition) is 1. The fraction of sp³-hybridized carbons (Fsp3) is 0.350. The summed E-state index contributed by atoms with van der Waals surface area (Å²) >= 11 is 0. The van der Waals surface area contributed by atoms with Crippen LogP contribution in [0.15, 0.2) is 52.9 Å². The molecule has 0 radical (unpaired) electrons. The Morgan fingerprint density at radius 2 is 1.84 bits per heavy atom. The van der Waals surface area contributed by atoms with Gasteiger partial charge in [0, 0.05) is 19.6 Å². The van der Waals surface area contributed by atoms with Crippen LogP contribution < -0.4 is 4.74 Å². The Kier molecular flexibility index (Phi) is 4.68. The van der Waals surface area contributed by atoms with Crippen LogP contribution in [-0.4, -0.2) is 40.7 Å². The molecule has 1 saturated heterocycles. The van der Waals surface area contributed by atoms with Crippen LogP contribution in [0.1, 0.15) is 18.4 Å². The Hall–Kier alpha value is -2.37. The number of aliphatic hydroxyl groups excluding tert-OH is 1. The number of para-hydroxylation sites is 2. The number of ether oxygens (including phenoxy) is 1. The first-order valence-corrected chi connectivity index (χ1v) is 8.79. The van der Waals surface area contributed by atoms with E-state index < -0.39 is 0 Å². The van der Waals surface area contributed by atoms with Gasteiger partial charge in [0.1, 0.15) is 11.3 Å². The molecule has 1 aliphatic heterocycles. The maximum Gasteiger partial charge on any atom is 0.400 e. The first-order chi connectivity index (χ1) is 12.3. The van der Waals surface area contributed by atoms with Crippen LogP contribution in [0.25, 0.3) is 11.1 Å². The summed E-state index contributed by atoms with van der Waals surface area (Å²) in [4.78, 5) is 6.73. The number of fused-ring (bicyclic) bond motifs is 1. The summed E-state index contributed by atoms with van der Waals surface area (Å²) in [5.74, 6) is 0.719. The van der Waals surface area contributed by atoms with Crippen LogP contribution in [0.3, 0.4) is 0 Å². The van der Waals surface area contributed by atoms with Crippen LogP contribution in [0.4, 0.5) is 0 Å². The lowest BCUT2D eigenvalue weighted by Crippen LogP contribution is -2.37. The molecule has 1 fully saturated rings. The second-order valence-electron chi connectivity index (χ2n) is 6.52. The van der Waals surface area contributed by atoms with Crippen molar-refractivity contribution >= 4 is 11.1 Å². The molecule has 0 bridgehead atoms. The molecule has 3 aromatic rings. The van der Waals surface area contributed by atoms with Crippen LogP contribution in [0, 0.1) is 0 Å². The smallest absolute Gasteiger partial charge is 0.400 e. The third-order valence-corrected chi connectivity index (χ3v) is 4.68. The molecule has 1 aliphatic rings.